The van der Waals surface area contributed by atoms with Crippen molar-refractivity contribution in [2.75, 3.05) is 0 Å². The lowest BCUT2D eigenvalue weighted by Gasteiger charge is -2.34. The van der Waals surface area contributed by atoms with Crippen LogP contribution in [0, 0.1) is 12.4 Å². The van der Waals surface area contributed by atoms with E-state index in [9.17, 15) is 9.18 Å². The molecule has 0 aliphatic carbocycles. The zero-order valence-corrected chi connectivity index (χ0v) is 15.1. The summed E-state index contributed by atoms with van der Waals surface area (Å²) in [5, 5.41) is 0. The Morgan fingerprint density at radius 2 is 2.22 bits per heavy atom. The van der Waals surface area contributed by atoms with Crippen molar-refractivity contribution in [3.8, 4) is 0 Å². The van der Waals surface area contributed by atoms with Crippen LogP contribution >= 0.6 is 0 Å². The monoisotopic (exact) mass is 366 g/mol. The van der Waals surface area contributed by atoms with E-state index in [2.05, 4.69) is 14.8 Å². The first-order valence-electron chi connectivity index (χ1n) is 8.48. The molecule has 0 spiro atoms. The summed E-state index contributed by atoms with van der Waals surface area (Å²) in [5.41, 5.74) is 6.53. The highest BCUT2D eigenvalue weighted by Gasteiger charge is 2.36. The fourth-order valence-corrected chi connectivity index (χ4v) is 3.28. The normalized spacial score (nSPS) is 21.7. The highest BCUT2D eigenvalue weighted by atomic mass is 19.1. The maximum atomic E-state index is 14.5. The molecule has 6 nitrogen and oxygen atoms in total. The van der Waals surface area contributed by atoms with Crippen LogP contribution < -0.4 is 5.73 Å². The molecular formula is C20H19FN4O2. The van der Waals surface area contributed by atoms with E-state index in [1.54, 1.807) is 25.1 Å². The van der Waals surface area contributed by atoms with Gasteiger partial charge in [-0.3, -0.25) is 9.78 Å². The molecule has 0 unspecified atom stereocenters. The number of nitrogens with zero attached hydrogens (tertiary/aromatic N) is 3. The molecule has 7 heteroatoms. The third kappa shape index (κ3) is 3.95. The van der Waals surface area contributed by atoms with Crippen LogP contribution in [0.2, 0.25) is 0 Å². The van der Waals surface area contributed by atoms with Crippen LogP contribution in [0.5, 0.6) is 0 Å². The number of nitrogens with two attached hydrogens (primary N) is 1. The van der Waals surface area contributed by atoms with Crippen molar-refractivity contribution in [2.45, 2.75) is 38.3 Å². The molecule has 1 aromatic heterocycles. The third-order valence-electron chi connectivity index (χ3n) is 4.50. The average Bonchev–Trinajstić information content (AvgIpc) is 2.62. The zero-order chi connectivity index (χ0) is 19.6. The number of benzene rings is 1. The molecule has 2 heterocycles. The van der Waals surface area contributed by atoms with E-state index in [-0.39, 0.29) is 30.0 Å². The first-order valence-corrected chi connectivity index (χ1v) is 8.48. The van der Waals surface area contributed by atoms with Gasteiger partial charge in [-0.25, -0.2) is 14.2 Å². The maximum absolute atomic E-state index is 14.5. The van der Waals surface area contributed by atoms with Crippen molar-refractivity contribution in [1.29, 1.82) is 0 Å². The van der Waals surface area contributed by atoms with E-state index in [0.717, 1.165) is 0 Å². The van der Waals surface area contributed by atoms with Crippen molar-refractivity contribution in [1.82, 2.24) is 4.98 Å². The summed E-state index contributed by atoms with van der Waals surface area (Å²) < 4.78 is 19.9. The SMILES string of the molecule is [C-]#[N+]c1ccc(C(=O)Cc2ccc(F)c([C@]3(C)C[C@@H](C)OC(N)=N3)c2)nc1. The smallest absolute Gasteiger partial charge is 0.283 e. The Balaban J connectivity index is 1.88. The van der Waals surface area contributed by atoms with Crippen LogP contribution in [0.1, 0.15) is 41.9 Å². The second-order valence-electron chi connectivity index (χ2n) is 6.78. The van der Waals surface area contributed by atoms with E-state index in [0.29, 0.717) is 23.2 Å². The molecule has 2 N–H and O–H groups in total. The molecule has 3 rings (SSSR count). The van der Waals surface area contributed by atoms with Crippen molar-refractivity contribution < 1.29 is 13.9 Å². The highest BCUT2D eigenvalue weighted by Crippen LogP contribution is 2.36. The van der Waals surface area contributed by atoms with Gasteiger partial charge in [0.25, 0.3) is 6.02 Å². The summed E-state index contributed by atoms with van der Waals surface area (Å²) in [6.07, 6.45) is 1.71. The second-order valence-corrected chi connectivity index (χ2v) is 6.78. The lowest BCUT2D eigenvalue weighted by atomic mass is 9.85. The Bertz CT molecular complexity index is 949. The van der Waals surface area contributed by atoms with E-state index >= 15 is 0 Å². The lowest BCUT2D eigenvalue weighted by molar-refractivity contribution is 0.0987. The van der Waals surface area contributed by atoms with Crippen molar-refractivity contribution >= 4 is 17.5 Å². The first-order chi connectivity index (χ1) is 12.8. The molecule has 2 atom stereocenters. The van der Waals surface area contributed by atoms with Crippen molar-refractivity contribution in [2.24, 2.45) is 10.7 Å². The summed E-state index contributed by atoms with van der Waals surface area (Å²) in [6.45, 7) is 10.6. The standard InChI is InChI=1S/C20H19FN4O2/c1-12-10-20(2,25-19(22)27-12)15-8-13(4-6-16(15)21)9-18(26)17-7-5-14(23-3)11-24-17/h4-8,11-12H,9-10H2,1-2H3,(H2,22,25)/t12-,20+/m1/s1. The predicted molar refractivity (Wildman–Crippen MR) is 99.1 cm³/mol. The fraction of sp³-hybridized carbons (Fsp3) is 0.300. The van der Waals surface area contributed by atoms with Gasteiger partial charge < -0.3 is 10.5 Å². The molecule has 0 saturated heterocycles. The van der Waals surface area contributed by atoms with Gasteiger partial charge in [0.1, 0.15) is 17.6 Å². The topological polar surface area (TPSA) is 81.9 Å². The quantitative estimate of drug-likeness (QED) is 0.663. The molecule has 0 bridgehead atoms. The summed E-state index contributed by atoms with van der Waals surface area (Å²) in [4.78, 5) is 24.0. The van der Waals surface area contributed by atoms with Gasteiger partial charge in [0.2, 0.25) is 5.69 Å². The van der Waals surface area contributed by atoms with Crippen LogP contribution in [-0.2, 0) is 16.7 Å². The third-order valence-corrected chi connectivity index (χ3v) is 4.50. The Morgan fingerprint density at radius 1 is 1.44 bits per heavy atom. The van der Waals surface area contributed by atoms with Crippen molar-refractivity contribution in [3.63, 3.8) is 0 Å². The molecular weight excluding hydrogens is 347 g/mol. The number of ketones is 1. The molecule has 0 amide bonds. The molecule has 0 fully saturated rings. The molecule has 2 aromatic rings. The minimum atomic E-state index is -0.861. The Kier molecular flexibility index (Phi) is 4.91. The van der Waals surface area contributed by atoms with Crippen LogP contribution in [-0.4, -0.2) is 22.9 Å². The number of pyridine rings is 1. The van der Waals surface area contributed by atoms with E-state index in [1.165, 1.54) is 18.3 Å². The van der Waals surface area contributed by atoms with Gasteiger partial charge in [-0.1, -0.05) is 12.1 Å². The van der Waals surface area contributed by atoms with Crippen LogP contribution in [0.4, 0.5) is 10.1 Å². The zero-order valence-electron chi connectivity index (χ0n) is 15.1. The minimum Gasteiger partial charge on any atom is -0.462 e. The maximum Gasteiger partial charge on any atom is 0.283 e. The Labute approximate surface area is 156 Å². The summed E-state index contributed by atoms with van der Waals surface area (Å²) >= 11 is 0. The molecule has 27 heavy (non-hydrogen) atoms. The number of carbonyl (C=O) groups is 1. The number of Topliss-reactive ketones (excluding diaryl/α,β-unsaturated/α-hetero) is 1. The number of carbonyl (C=O) groups excluding carboxylic acids is 1. The largest absolute Gasteiger partial charge is 0.462 e. The Hall–Kier alpha value is -3.27. The van der Waals surface area contributed by atoms with Gasteiger partial charge in [0.15, 0.2) is 5.78 Å². The highest BCUT2D eigenvalue weighted by molar-refractivity contribution is 5.96. The molecule has 0 radical (unpaired) electrons. The number of halogens is 1. The molecule has 1 aliphatic heterocycles. The van der Waals surface area contributed by atoms with Gasteiger partial charge in [-0.05, 0) is 37.6 Å². The number of ether oxygens (including phenoxy) is 1. The van der Waals surface area contributed by atoms with Gasteiger partial charge in [0, 0.05) is 24.6 Å². The van der Waals surface area contributed by atoms with Crippen molar-refractivity contribution in [3.05, 3.63) is 70.6 Å². The van der Waals surface area contributed by atoms with Gasteiger partial charge >= 0.3 is 0 Å². The van der Waals surface area contributed by atoms with Crippen LogP contribution in [0.25, 0.3) is 4.85 Å². The van der Waals surface area contributed by atoms with Gasteiger partial charge in [0.05, 0.1) is 12.1 Å². The molecule has 0 saturated carbocycles. The number of aromatic nitrogens is 1. The number of amidine groups is 1. The Morgan fingerprint density at radius 3 is 2.85 bits per heavy atom. The van der Waals surface area contributed by atoms with E-state index in [4.69, 9.17) is 17.0 Å². The average molecular weight is 366 g/mol. The van der Waals surface area contributed by atoms with Gasteiger partial charge in [-0.15, -0.1) is 0 Å². The molecule has 138 valence electrons. The molecule has 1 aliphatic rings. The summed E-state index contributed by atoms with van der Waals surface area (Å²) in [7, 11) is 0. The predicted octanol–water partition coefficient (Wildman–Crippen LogP) is 3.54. The van der Waals surface area contributed by atoms with Crippen LogP contribution in [0.15, 0.2) is 41.5 Å². The number of rotatable bonds is 4. The van der Waals surface area contributed by atoms with E-state index < -0.39 is 11.4 Å². The lowest BCUT2D eigenvalue weighted by Crippen LogP contribution is -2.38. The molecule has 1 aromatic carbocycles. The number of hydrogen-bond donors (Lipinski definition) is 1. The summed E-state index contributed by atoms with van der Waals surface area (Å²) in [5.74, 6) is -0.614. The summed E-state index contributed by atoms with van der Waals surface area (Å²) in [6, 6.07) is 7.66. The number of hydrogen-bond acceptors (Lipinski definition) is 5. The van der Waals surface area contributed by atoms with E-state index in [1.807, 2.05) is 6.92 Å². The second kappa shape index (κ2) is 7.16. The fourth-order valence-electron chi connectivity index (χ4n) is 3.28. The van der Waals surface area contributed by atoms with Crippen LogP contribution in [0.3, 0.4) is 0 Å². The minimum absolute atomic E-state index is 0.0289. The first kappa shape index (κ1) is 18.5. The van der Waals surface area contributed by atoms with Gasteiger partial charge in [-0.2, -0.15) is 0 Å². The number of aliphatic imine (C=N–C) groups is 1.